The predicted octanol–water partition coefficient (Wildman–Crippen LogP) is 2.72. The summed E-state index contributed by atoms with van der Waals surface area (Å²) in [5.74, 6) is 0.719. The second-order valence-electron chi connectivity index (χ2n) is 10.0. The monoisotopic (exact) mass is 410 g/mol. The number of amides is 2. The standard InChI is InChI=1S/C24H34N4O2/c1-18-15-19(5-8-25-18)22(29)27-9-6-24(7-10-27)16-20(17-24)23(30)28-13-11-26(12-14-28)21-3-2-4-21/h5,8,15,20-21H,2-4,6-7,9-14,16-17H2,1H3. The van der Waals surface area contributed by atoms with E-state index in [2.05, 4.69) is 14.8 Å². The Hall–Kier alpha value is -1.95. The first kappa shape index (κ1) is 20.0. The van der Waals surface area contributed by atoms with Gasteiger partial charge in [-0.15, -0.1) is 0 Å². The molecule has 162 valence electrons. The van der Waals surface area contributed by atoms with Crippen molar-refractivity contribution in [1.82, 2.24) is 19.7 Å². The third-order valence-electron chi connectivity index (χ3n) is 8.18. The average Bonchev–Trinajstić information content (AvgIpc) is 2.70. The van der Waals surface area contributed by atoms with Crippen LogP contribution in [0.3, 0.4) is 0 Å². The highest BCUT2D eigenvalue weighted by atomic mass is 16.2. The number of carbonyl (C=O) groups excluding carboxylic acids is 2. The fraction of sp³-hybridized carbons (Fsp3) is 0.708. The van der Waals surface area contributed by atoms with E-state index in [1.54, 1.807) is 6.20 Å². The number of hydrogen-bond donors (Lipinski definition) is 0. The number of hydrogen-bond acceptors (Lipinski definition) is 4. The van der Waals surface area contributed by atoms with E-state index < -0.39 is 0 Å². The summed E-state index contributed by atoms with van der Waals surface area (Å²) in [4.78, 5) is 36.7. The van der Waals surface area contributed by atoms with Gasteiger partial charge in [-0.05, 0) is 63.0 Å². The van der Waals surface area contributed by atoms with Crippen molar-refractivity contribution < 1.29 is 9.59 Å². The Morgan fingerprint density at radius 1 is 1.00 bits per heavy atom. The summed E-state index contributed by atoms with van der Waals surface area (Å²) in [7, 11) is 0. The molecule has 4 fully saturated rings. The number of carbonyl (C=O) groups is 2. The molecule has 6 heteroatoms. The molecule has 0 N–H and O–H groups in total. The van der Waals surface area contributed by atoms with Crippen molar-refractivity contribution >= 4 is 11.8 Å². The molecule has 0 radical (unpaired) electrons. The molecule has 0 bridgehead atoms. The van der Waals surface area contributed by atoms with Crippen LogP contribution < -0.4 is 0 Å². The Balaban J connectivity index is 1.08. The van der Waals surface area contributed by atoms with Gasteiger partial charge in [-0.25, -0.2) is 0 Å². The zero-order valence-electron chi connectivity index (χ0n) is 18.2. The van der Waals surface area contributed by atoms with Crippen molar-refractivity contribution in [3.63, 3.8) is 0 Å². The fourth-order valence-corrected chi connectivity index (χ4v) is 5.93. The molecule has 2 saturated heterocycles. The number of aryl methyl sites for hydroxylation is 1. The summed E-state index contributed by atoms with van der Waals surface area (Å²) in [6.45, 7) is 7.46. The maximum atomic E-state index is 13.0. The van der Waals surface area contributed by atoms with Crippen LogP contribution >= 0.6 is 0 Å². The third kappa shape index (κ3) is 3.75. The van der Waals surface area contributed by atoms with Gasteiger partial charge in [0.2, 0.25) is 5.91 Å². The van der Waals surface area contributed by atoms with Gasteiger partial charge in [0, 0.05) is 68.7 Å². The van der Waals surface area contributed by atoms with E-state index in [0.29, 0.717) is 11.3 Å². The number of piperidine rings is 1. The van der Waals surface area contributed by atoms with Crippen molar-refractivity contribution in [2.75, 3.05) is 39.3 Å². The van der Waals surface area contributed by atoms with Gasteiger partial charge in [0.15, 0.2) is 0 Å². The summed E-state index contributed by atoms with van der Waals surface area (Å²) in [5.41, 5.74) is 1.91. The second-order valence-corrected chi connectivity index (χ2v) is 10.0. The summed E-state index contributed by atoms with van der Waals surface area (Å²) >= 11 is 0. The van der Waals surface area contributed by atoms with Crippen molar-refractivity contribution in [2.45, 2.75) is 57.9 Å². The molecule has 6 nitrogen and oxygen atoms in total. The molecule has 30 heavy (non-hydrogen) atoms. The van der Waals surface area contributed by atoms with E-state index >= 15 is 0 Å². The first-order valence-corrected chi connectivity index (χ1v) is 11.8. The van der Waals surface area contributed by atoms with Gasteiger partial charge in [-0.1, -0.05) is 6.42 Å². The first-order valence-electron chi connectivity index (χ1n) is 11.8. The van der Waals surface area contributed by atoms with E-state index in [9.17, 15) is 9.59 Å². The minimum Gasteiger partial charge on any atom is -0.340 e. The van der Waals surface area contributed by atoms with Crippen molar-refractivity contribution in [3.05, 3.63) is 29.6 Å². The maximum Gasteiger partial charge on any atom is 0.253 e. The molecule has 2 amide bonds. The molecule has 1 aromatic heterocycles. The molecule has 0 unspecified atom stereocenters. The maximum absolute atomic E-state index is 13.0. The quantitative estimate of drug-likeness (QED) is 0.769. The molecule has 1 spiro atoms. The molecule has 0 aromatic carbocycles. The number of pyridine rings is 1. The van der Waals surface area contributed by atoms with Gasteiger partial charge in [0.1, 0.15) is 0 Å². The highest BCUT2D eigenvalue weighted by molar-refractivity contribution is 5.94. The Kier molecular flexibility index (Phi) is 5.30. The zero-order chi connectivity index (χ0) is 20.7. The minimum atomic E-state index is 0.117. The lowest BCUT2D eigenvalue weighted by Crippen LogP contribution is -2.57. The van der Waals surface area contributed by atoms with Gasteiger partial charge >= 0.3 is 0 Å². The highest BCUT2D eigenvalue weighted by Gasteiger charge is 2.50. The second kappa shape index (κ2) is 7.95. The van der Waals surface area contributed by atoms with Crippen LogP contribution in [0.15, 0.2) is 18.3 Å². The molecule has 2 aliphatic carbocycles. The van der Waals surface area contributed by atoms with Crippen LogP contribution in [0.25, 0.3) is 0 Å². The third-order valence-corrected chi connectivity index (χ3v) is 8.18. The lowest BCUT2D eigenvalue weighted by Gasteiger charge is -2.53. The number of piperazine rings is 1. The lowest BCUT2D eigenvalue weighted by atomic mass is 9.57. The molecular formula is C24H34N4O2. The minimum absolute atomic E-state index is 0.117. The SMILES string of the molecule is Cc1cc(C(=O)N2CCC3(CC2)CC(C(=O)N2CCN(C4CCC4)CC2)C3)ccn1. The number of aromatic nitrogens is 1. The molecule has 2 saturated carbocycles. The van der Waals surface area contributed by atoms with E-state index in [1.807, 2.05) is 24.0 Å². The van der Waals surface area contributed by atoms with Crippen LogP contribution in [0.5, 0.6) is 0 Å². The molecule has 1 aromatic rings. The van der Waals surface area contributed by atoms with E-state index in [0.717, 1.165) is 82.3 Å². The molecular weight excluding hydrogens is 376 g/mol. The zero-order valence-corrected chi connectivity index (χ0v) is 18.2. The Morgan fingerprint density at radius 3 is 2.30 bits per heavy atom. The van der Waals surface area contributed by atoms with Crippen LogP contribution in [0.2, 0.25) is 0 Å². The average molecular weight is 411 g/mol. The van der Waals surface area contributed by atoms with Gasteiger partial charge in [-0.2, -0.15) is 0 Å². The smallest absolute Gasteiger partial charge is 0.253 e. The largest absolute Gasteiger partial charge is 0.340 e. The van der Waals surface area contributed by atoms with Crippen LogP contribution in [0.4, 0.5) is 0 Å². The molecule has 4 aliphatic rings. The topological polar surface area (TPSA) is 56.8 Å². The first-order chi connectivity index (χ1) is 14.5. The Morgan fingerprint density at radius 2 is 1.70 bits per heavy atom. The normalized spacial score (nSPS) is 25.1. The lowest BCUT2D eigenvalue weighted by molar-refractivity contribution is -0.148. The number of nitrogens with zero attached hydrogens (tertiary/aromatic N) is 4. The van der Waals surface area contributed by atoms with Crippen LogP contribution in [-0.2, 0) is 4.79 Å². The van der Waals surface area contributed by atoms with E-state index in [4.69, 9.17) is 0 Å². The van der Waals surface area contributed by atoms with Crippen molar-refractivity contribution in [2.24, 2.45) is 11.3 Å². The van der Waals surface area contributed by atoms with Crippen LogP contribution in [0.1, 0.15) is 61.0 Å². The van der Waals surface area contributed by atoms with Gasteiger partial charge in [0.05, 0.1) is 0 Å². The predicted molar refractivity (Wildman–Crippen MR) is 115 cm³/mol. The molecule has 3 heterocycles. The van der Waals surface area contributed by atoms with Crippen LogP contribution in [-0.4, -0.2) is 76.8 Å². The van der Waals surface area contributed by atoms with E-state index in [1.165, 1.54) is 19.3 Å². The van der Waals surface area contributed by atoms with Gasteiger partial charge < -0.3 is 9.80 Å². The van der Waals surface area contributed by atoms with Gasteiger partial charge in [-0.3, -0.25) is 19.5 Å². The number of likely N-dealkylation sites (tertiary alicyclic amines) is 1. The molecule has 2 aliphatic heterocycles. The Labute approximate surface area is 179 Å². The van der Waals surface area contributed by atoms with Crippen molar-refractivity contribution in [1.29, 1.82) is 0 Å². The summed E-state index contributed by atoms with van der Waals surface area (Å²) in [5, 5.41) is 0. The highest BCUT2D eigenvalue weighted by Crippen LogP contribution is 2.53. The summed E-state index contributed by atoms with van der Waals surface area (Å²) in [6, 6.07) is 4.47. The van der Waals surface area contributed by atoms with E-state index in [-0.39, 0.29) is 11.8 Å². The van der Waals surface area contributed by atoms with Crippen LogP contribution in [0, 0.1) is 18.3 Å². The molecule has 0 atom stereocenters. The Bertz CT molecular complexity index is 797. The fourth-order valence-electron chi connectivity index (χ4n) is 5.93. The molecule has 5 rings (SSSR count). The summed E-state index contributed by atoms with van der Waals surface area (Å²) < 4.78 is 0. The van der Waals surface area contributed by atoms with Crippen molar-refractivity contribution in [3.8, 4) is 0 Å². The number of rotatable bonds is 3. The van der Waals surface area contributed by atoms with Gasteiger partial charge in [0.25, 0.3) is 5.91 Å². The summed E-state index contributed by atoms with van der Waals surface area (Å²) in [6.07, 6.45) is 9.88.